The van der Waals surface area contributed by atoms with E-state index in [1.165, 1.54) is 0 Å². The molecule has 1 aromatic carbocycles. The van der Waals surface area contributed by atoms with Crippen LogP contribution in [0, 0.1) is 0 Å². The number of nitrogens with zero attached hydrogens (tertiary/aromatic N) is 1. The van der Waals surface area contributed by atoms with Crippen LogP contribution in [0.1, 0.15) is 30.9 Å². The highest BCUT2D eigenvalue weighted by molar-refractivity contribution is 5.76. The SMILES string of the molecule is COc1ccc(C(CNC(=O)CC2CCCN2)N2CCOCC2)cc1OC. The quantitative estimate of drug-likeness (QED) is 0.712. The molecule has 0 radical (unpaired) electrons. The van der Waals surface area contributed by atoms with Crippen molar-refractivity contribution in [2.75, 3.05) is 53.6 Å². The Bertz CT molecular complexity index is 613. The molecule has 2 saturated heterocycles. The van der Waals surface area contributed by atoms with Crippen LogP contribution in [0.5, 0.6) is 11.5 Å². The Morgan fingerprint density at radius 3 is 2.74 bits per heavy atom. The van der Waals surface area contributed by atoms with Gasteiger partial charge >= 0.3 is 0 Å². The predicted molar refractivity (Wildman–Crippen MR) is 103 cm³/mol. The number of benzene rings is 1. The summed E-state index contributed by atoms with van der Waals surface area (Å²) < 4.78 is 16.3. The summed E-state index contributed by atoms with van der Waals surface area (Å²) >= 11 is 0. The topological polar surface area (TPSA) is 72.1 Å². The number of hydrogen-bond donors (Lipinski definition) is 2. The van der Waals surface area contributed by atoms with Crippen molar-refractivity contribution < 1.29 is 19.0 Å². The molecule has 7 heteroatoms. The van der Waals surface area contributed by atoms with Crippen molar-refractivity contribution in [1.82, 2.24) is 15.5 Å². The minimum absolute atomic E-state index is 0.0780. The minimum Gasteiger partial charge on any atom is -0.493 e. The van der Waals surface area contributed by atoms with E-state index in [0.717, 1.165) is 38.0 Å². The summed E-state index contributed by atoms with van der Waals surface area (Å²) in [6.07, 6.45) is 2.78. The fourth-order valence-corrected chi connectivity index (χ4v) is 3.84. The van der Waals surface area contributed by atoms with Crippen molar-refractivity contribution >= 4 is 5.91 Å². The van der Waals surface area contributed by atoms with E-state index in [4.69, 9.17) is 14.2 Å². The van der Waals surface area contributed by atoms with Crippen LogP contribution in [0.4, 0.5) is 0 Å². The second-order valence-electron chi connectivity index (χ2n) is 7.08. The number of hydrogen-bond acceptors (Lipinski definition) is 6. The Morgan fingerprint density at radius 1 is 1.30 bits per heavy atom. The fourth-order valence-electron chi connectivity index (χ4n) is 3.84. The molecule has 3 rings (SSSR count). The third-order valence-electron chi connectivity index (χ3n) is 5.37. The molecule has 0 spiro atoms. The van der Waals surface area contributed by atoms with Gasteiger partial charge in [0, 0.05) is 32.1 Å². The van der Waals surface area contributed by atoms with E-state index < -0.39 is 0 Å². The van der Waals surface area contributed by atoms with Crippen molar-refractivity contribution in [2.45, 2.75) is 31.3 Å². The highest BCUT2D eigenvalue weighted by Crippen LogP contribution is 2.32. The smallest absolute Gasteiger partial charge is 0.221 e. The van der Waals surface area contributed by atoms with Crippen LogP contribution in [-0.2, 0) is 9.53 Å². The molecule has 2 fully saturated rings. The van der Waals surface area contributed by atoms with E-state index in [1.54, 1.807) is 14.2 Å². The Hall–Kier alpha value is -1.83. The molecule has 2 N–H and O–H groups in total. The van der Waals surface area contributed by atoms with Gasteiger partial charge in [-0.15, -0.1) is 0 Å². The lowest BCUT2D eigenvalue weighted by molar-refractivity contribution is -0.121. The van der Waals surface area contributed by atoms with E-state index in [1.807, 2.05) is 18.2 Å². The highest BCUT2D eigenvalue weighted by Gasteiger charge is 2.25. The fraction of sp³-hybridized carbons (Fsp3) is 0.650. The van der Waals surface area contributed by atoms with Crippen LogP contribution in [0.25, 0.3) is 0 Å². The zero-order valence-corrected chi connectivity index (χ0v) is 16.3. The second kappa shape index (κ2) is 9.92. The molecule has 0 aromatic heterocycles. The van der Waals surface area contributed by atoms with Crippen molar-refractivity contribution in [3.05, 3.63) is 23.8 Å². The molecule has 0 saturated carbocycles. The van der Waals surface area contributed by atoms with Crippen LogP contribution in [0.3, 0.4) is 0 Å². The first kappa shape index (κ1) is 19.9. The average molecular weight is 377 g/mol. The van der Waals surface area contributed by atoms with Gasteiger partial charge in [-0.3, -0.25) is 9.69 Å². The lowest BCUT2D eigenvalue weighted by atomic mass is 10.0. The maximum atomic E-state index is 12.4. The number of amides is 1. The lowest BCUT2D eigenvalue weighted by Gasteiger charge is -2.35. The van der Waals surface area contributed by atoms with Gasteiger partial charge < -0.3 is 24.8 Å². The van der Waals surface area contributed by atoms with Crippen molar-refractivity contribution in [2.24, 2.45) is 0 Å². The standard InChI is InChI=1S/C20H31N3O4/c1-25-18-6-5-15(12-19(18)26-2)17(23-8-10-27-11-9-23)14-22-20(24)13-16-4-3-7-21-16/h5-6,12,16-17,21H,3-4,7-11,13-14H2,1-2H3,(H,22,24). The molecule has 150 valence electrons. The van der Waals surface area contributed by atoms with Gasteiger partial charge in [-0.2, -0.15) is 0 Å². The predicted octanol–water partition coefficient (Wildman–Crippen LogP) is 1.34. The summed E-state index contributed by atoms with van der Waals surface area (Å²) in [6, 6.07) is 6.36. The Morgan fingerprint density at radius 2 is 2.07 bits per heavy atom. The molecule has 27 heavy (non-hydrogen) atoms. The number of nitrogens with one attached hydrogen (secondary N) is 2. The summed E-state index contributed by atoms with van der Waals surface area (Å²) in [5.41, 5.74) is 1.11. The third kappa shape index (κ3) is 5.34. The molecule has 2 aliphatic heterocycles. The van der Waals surface area contributed by atoms with E-state index in [9.17, 15) is 4.79 Å². The monoisotopic (exact) mass is 377 g/mol. The van der Waals surface area contributed by atoms with Gasteiger partial charge in [-0.25, -0.2) is 0 Å². The molecule has 7 nitrogen and oxygen atoms in total. The molecule has 2 heterocycles. The molecular formula is C20H31N3O4. The van der Waals surface area contributed by atoms with Crippen LogP contribution >= 0.6 is 0 Å². The van der Waals surface area contributed by atoms with Crippen molar-refractivity contribution in [1.29, 1.82) is 0 Å². The van der Waals surface area contributed by atoms with Crippen LogP contribution in [-0.4, -0.2) is 70.5 Å². The summed E-state index contributed by atoms with van der Waals surface area (Å²) in [6.45, 7) is 4.70. The van der Waals surface area contributed by atoms with Gasteiger partial charge in [-0.05, 0) is 37.1 Å². The summed E-state index contributed by atoms with van der Waals surface area (Å²) in [4.78, 5) is 14.8. The van der Waals surface area contributed by atoms with Crippen molar-refractivity contribution in [3.8, 4) is 11.5 Å². The summed E-state index contributed by atoms with van der Waals surface area (Å²) in [5, 5.41) is 6.52. The molecule has 2 atom stereocenters. The van der Waals surface area contributed by atoms with Gasteiger partial charge in [0.25, 0.3) is 0 Å². The normalized spacial score (nSPS) is 21.6. The largest absolute Gasteiger partial charge is 0.493 e. The third-order valence-corrected chi connectivity index (χ3v) is 5.37. The number of methoxy groups -OCH3 is 2. The molecule has 0 aliphatic carbocycles. The molecule has 2 aliphatic rings. The second-order valence-corrected chi connectivity index (χ2v) is 7.08. The van der Waals surface area contributed by atoms with Gasteiger partial charge in [0.1, 0.15) is 0 Å². The van der Waals surface area contributed by atoms with Crippen molar-refractivity contribution in [3.63, 3.8) is 0 Å². The Labute approximate surface area is 161 Å². The first-order valence-corrected chi connectivity index (χ1v) is 9.75. The minimum atomic E-state index is 0.0780. The lowest BCUT2D eigenvalue weighted by Crippen LogP contribution is -2.44. The van der Waals surface area contributed by atoms with Crippen LogP contribution in [0.2, 0.25) is 0 Å². The number of carbonyl (C=O) groups is 1. The first-order chi connectivity index (χ1) is 13.2. The molecule has 1 amide bonds. The van der Waals surface area contributed by atoms with E-state index in [2.05, 4.69) is 15.5 Å². The Kier molecular flexibility index (Phi) is 7.32. The average Bonchev–Trinajstić information content (AvgIpc) is 3.21. The van der Waals surface area contributed by atoms with Gasteiger partial charge in [0.2, 0.25) is 5.91 Å². The Balaban J connectivity index is 1.69. The van der Waals surface area contributed by atoms with Gasteiger partial charge in [0.05, 0.1) is 33.5 Å². The maximum Gasteiger partial charge on any atom is 0.221 e. The molecular weight excluding hydrogens is 346 g/mol. The van der Waals surface area contributed by atoms with E-state index >= 15 is 0 Å². The van der Waals surface area contributed by atoms with Gasteiger partial charge in [0.15, 0.2) is 11.5 Å². The van der Waals surface area contributed by atoms with E-state index in [0.29, 0.717) is 43.7 Å². The zero-order valence-electron chi connectivity index (χ0n) is 16.3. The van der Waals surface area contributed by atoms with Gasteiger partial charge in [-0.1, -0.05) is 6.07 Å². The number of ether oxygens (including phenoxy) is 3. The summed E-state index contributed by atoms with van der Waals surface area (Å²) in [7, 11) is 3.27. The molecule has 1 aromatic rings. The molecule has 0 bridgehead atoms. The first-order valence-electron chi connectivity index (χ1n) is 9.75. The van der Waals surface area contributed by atoms with Crippen LogP contribution in [0.15, 0.2) is 18.2 Å². The number of morpholine rings is 1. The molecule has 2 unspecified atom stereocenters. The number of rotatable bonds is 8. The van der Waals surface area contributed by atoms with E-state index in [-0.39, 0.29) is 11.9 Å². The maximum absolute atomic E-state index is 12.4. The number of carbonyl (C=O) groups excluding carboxylic acids is 1. The summed E-state index contributed by atoms with van der Waals surface area (Å²) in [5.74, 6) is 1.51. The zero-order chi connectivity index (χ0) is 19.1. The highest BCUT2D eigenvalue weighted by atomic mass is 16.5. The van der Waals surface area contributed by atoms with Crippen LogP contribution < -0.4 is 20.1 Å².